The molecule has 0 amide bonds. The quantitative estimate of drug-likeness (QED) is 0.371. The molecule has 10 nitrogen and oxygen atoms in total. The number of rotatable bonds is 6. The van der Waals surface area contributed by atoms with Gasteiger partial charge < -0.3 is 4.74 Å². The largest absolute Gasteiger partial charge is 0.492 e. The molecule has 0 bridgehead atoms. The number of thioether (sulfide) groups is 1. The van der Waals surface area contributed by atoms with Gasteiger partial charge in [0, 0.05) is 7.05 Å². The van der Waals surface area contributed by atoms with Gasteiger partial charge in [0.1, 0.15) is 22.0 Å². The lowest BCUT2D eigenvalue weighted by molar-refractivity contribution is 0.337. The van der Waals surface area contributed by atoms with E-state index in [4.69, 9.17) is 4.74 Å². The summed E-state index contributed by atoms with van der Waals surface area (Å²) in [6, 6.07) is 9.52. The number of nitrogens with zero attached hydrogens (tertiary/aromatic N) is 8. The lowest BCUT2D eigenvalue weighted by Gasteiger charge is -2.10. The van der Waals surface area contributed by atoms with Gasteiger partial charge in [-0.25, -0.2) is 0 Å². The predicted molar refractivity (Wildman–Crippen MR) is 113 cm³/mol. The number of fused-ring (bicyclic) bond motifs is 3. The number of benzene rings is 1. The van der Waals surface area contributed by atoms with E-state index in [9.17, 15) is 4.79 Å². The predicted octanol–water partition coefficient (Wildman–Crippen LogP) is 2.31. The summed E-state index contributed by atoms with van der Waals surface area (Å²) in [5.41, 5.74) is 1.50. The number of thiophene rings is 1. The van der Waals surface area contributed by atoms with Gasteiger partial charge in [-0.3, -0.25) is 13.8 Å². The molecule has 0 aliphatic rings. The Labute approximate surface area is 178 Å². The second kappa shape index (κ2) is 7.54. The molecule has 4 heterocycles. The van der Waals surface area contributed by atoms with Crippen LogP contribution in [0.5, 0.6) is 5.75 Å². The molecule has 5 aromatic rings. The van der Waals surface area contributed by atoms with Crippen molar-refractivity contribution in [1.82, 2.24) is 39.4 Å². The molecule has 30 heavy (non-hydrogen) atoms. The van der Waals surface area contributed by atoms with Crippen molar-refractivity contribution >= 4 is 39.1 Å². The van der Waals surface area contributed by atoms with Crippen molar-refractivity contribution in [3.63, 3.8) is 0 Å². The first-order chi connectivity index (χ1) is 14.7. The van der Waals surface area contributed by atoms with E-state index in [0.29, 0.717) is 39.6 Å². The monoisotopic (exact) mass is 440 g/mol. The Morgan fingerprint density at radius 1 is 1.17 bits per heavy atom. The third-order valence-electron chi connectivity index (χ3n) is 4.56. The SMILES string of the molecule is CCOc1ccccc1-n1nnnc1SCc1nnc2n(C)c(=O)c3sccc3n12. The van der Waals surface area contributed by atoms with Gasteiger partial charge in [0.05, 0.1) is 17.9 Å². The van der Waals surface area contributed by atoms with Crippen LogP contribution in [0.4, 0.5) is 0 Å². The van der Waals surface area contributed by atoms with Crippen LogP contribution in [0.1, 0.15) is 12.7 Å². The third-order valence-corrected chi connectivity index (χ3v) is 6.37. The third kappa shape index (κ3) is 2.95. The van der Waals surface area contributed by atoms with E-state index in [0.717, 1.165) is 11.2 Å². The standard InChI is InChI=1S/C18H16N8O2S2/c1-3-28-13-7-5-4-6-11(13)26-18(21-22-23-26)30-10-14-19-20-17-24(2)16(27)15-12(25(14)17)8-9-29-15/h4-9H,3,10H2,1-2H3. The summed E-state index contributed by atoms with van der Waals surface area (Å²) in [5.74, 6) is 2.39. The normalized spacial score (nSPS) is 11.5. The molecule has 0 atom stereocenters. The molecule has 1 aromatic carbocycles. The molecule has 0 saturated carbocycles. The van der Waals surface area contributed by atoms with Crippen molar-refractivity contribution in [3.05, 3.63) is 51.9 Å². The molecule has 12 heteroatoms. The number of para-hydroxylation sites is 2. The molecule has 0 radical (unpaired) electrons. The van der Waals surface area contributed by atoms with Crippen LogP contribution in [-0.2, 0) is 12.8 Å². The summed E-state index contributed by atoms with van der Waals surface area (Å²) in [5, 5.41) is 23.1. The summed E-state index contributed by atoms with van der Waals surface area (Å²) < 4.78 is 11.4. The highest BCUT2D eigenvalue weighted by atomic mass is 32.2. The first kappa shape index (κ1) is 18.8. The summed E-state index contributed by atoms with van der Waals surface area (Å²) in [7, 11) is 1.70. The Bertz CT molecular complexity index is 1420. The highest BCUT2D eigenvalue weighted by Crippen LogP contribution is 2.28. The van der Waals surface area contributed by atoms with Crippen LogP contribution >= 0.6 is 23.1 Å². The first-order valence-corrected chi connectivity index (χ1v) is 11.0. The molecule has 0 spiro atoms. The average molecular weight is 441 g/mol. The van der Waals surface area contributed by atoms with Crippen LogP contribution in [-0.4, -0.2) is 46.0 Å². The maximum Gasteiger partial charge on any atom is 0.272 e. The molecule has 152 valence electrons. The van der Waals surface area contributed by atoms with E-state index in [2.05, 4.69) is 25.7 Å². The highest BCUT2D eigenvalue weighted by molar-refractivity contribution is 7.98. The van der Waals surface area contributed by atoms with Gasteiger partial charge in [-0.2, -0.15) is 4.68 Å². The Morgan fingerprint density at radius 2 is 2.03 bits per heavy atom. The molecule has 4 aromatic heterocycles. The summed E-state index contributed by atoms with van der Waals surface area (Å²) >= 11 is 2.84. The molecule has 0 aliphatic heterocycles. The van der Waals surface area contributed by atoms with E-state index >= 15 is 0 Å². The zero-order valence-corrected chi connectivity index (χ0v) is 17.7. The van der Waals surface area contributed by atoms with E-state index in [-0.39, 0.29) is 5.56 Å². The molecule has 0 fully saturated rings. The van der Waals surface area contributed by atoms with Crippen molar-refractivity contribution in [3.8, 4) is 11.4 Å². The van der Waals surface area contributed by atoms with Gasteiger partial charge in [0.15, 0.2) is 0 Å². The van der Waals surface area contributed by atoms with Crippen LogP contribution in [0.15, 0.2) is 45.7 Å². The lowest BCUT2D eigenvalue weighted by atomic mass is 10.3. The Kier molecular flexibility index (Phi) is 4.71. The molecule has 0 N–H and O–H groups in total. The minimum Gasteiger partial charge on any atom is -0.492 e. The van der Waals surface area contributed by atoms with E-state index in [1.54, 1.807) is 11.7 Å². The topological polar surface area (TPSA) is 105 Å². The van der Waals surface area contributed by atoms with Gasteiger partial charge in [-0.15, -0.1) is 26.6 Å². The highest BCUT2D eigenvalue weighted by Gasteiger charge is 2.18. The fourth-order valence-electron chi connectivity index (χ4n) is 3.21. The number of tetrazole rings is 1. The first-order valence-electron chi connectivity index (χ1n) is 9.12. The van der Waals surface area contributed by atoms with Gasteiger partial charge in [0.25, 0.3) is 5.56 Å². The van der Waals surface area contributed by atoms with Crippen molar-refractivity contribution in [2.24, 2.45) is 7.05 Å². The van der Waals surface area contributed by atoms with E-state index < -0.39 is 0 Å². The fraction of sp³-hybridized carbons (Fsp3) is 0.222. The van der Waals surface area contributed by atoms with Crippen LogP contribution in [0.25, 0.3) is 21.7 Å². The summed E-state index contributed by atoms with van der Waals surface area (Å²) in [6.07, 6.45) is 0. The minimum atomic E-state index is -0.0735. The molecule has 0 saturated heterocycles. The zero-order valence-electron chi connectivity index (χ0n) is 16.1. The van der Waals surface area contributed by atoms with Gasteiger partial charge in [0.2, 0.25) is 10.9 Å². The number of aromatic nitrogens is 8. The zero-order chi connectivity index (χ0) is 20.7. The number of aryl methyl sites for hydroxylation is 1. The number of hydrogen-bond donors (Lipinski definition) is 0. The summed E-state index contributed by atoms with van der Waals surface area (Å²) in [6.45, 7) is 2.48. The number of hydrogen-bond acceptors (Lipinski definition) is 9. The van der Waals surface area contributed by atoms with Gasteiger partial charge >= 0.3 is 0 Å². The molecule has 5 rings (SSSR count). The van der Waals surface area contributed by atoms with E-state index in [1.807, 2.05) is 47.0 Å². The van der Waals surface area contributed by atoms with Crippen LogP contribution < -0.4 is 10.3 Å². The van der Waals surface area contributed by atoms with Crippen LogP contribution in [0.2, 0.25) is 0 Å². The van der Waals surface area contributed by atoms with Crippen molar-refractivity contribution in [2.75, 3.05) is 6.61 Å². The second-order valence-corrected chi connectivity index (χ2v) is 8.17. The van der Waals surface area contributed by atoms with Gasteiger partial charge in [-0.1, -0.05) is 23.9 Å². The van der Waals surface area contributed by atoms with Gasteiger partial charge in [-0.05, 0) is 40.9 Å². The second-order valence-electron chi connectivity index (χ2n) is 6.31. The van der Waals surface area contributed by atoms with Crippen molar-refractivity contribution in [1.29, 1.82) is 0 Å². The minimum absolute atomic E-state index is 0.0735. The van der Waals surface area contributed by atoms with Crippen molar-refractivity contribution < 1.29 is 4.74 Å². The maximum absolute atomic E-state index is 12.5. The molecule has 0 aliphatic carbocycles. The number of ether oxygens (including phenoxy) is 1. The van der Waals surface area contributed by atoms with Crippen LogP contribution in [0.3, 0.4) is 0 Å². The molecule has 0 unspecified atom stereocenters. The fourth-order valence-corrected chi connectivity index (χ4v) is 4.85. The Balaban J connectivity index is 1.52. The average Bonchev–Trinajstić information content (AvgIpc) is 3.50. The smallest absolute Gasteiger partial charge is 0.272 e. The maximum atomic E-state index is 12.5. The Morgan fingerprint density at radius 3 is 2.90 bits per heavy atom. The summed E-state index contributed by atoms with van der Waals surface area (Å²) in [4.78, 5) is 12.5. The molecular weight excluding hydrogens is 424 g/mol. The van der Waals surface area contributed by atoms with Crippen molar-refractivity contribution in [2.45, 2.75) is 17.8 Å². The lowest BCUT2D eigenvalue weighted by Crippen LogP contribution is -2.19. The van der Waals surface area contributed by atoms with E-state index in [1.165, 1.54) is 27.7 Å². The Hall–Kier alpha value is -3.25. The van der Waals surface area contributed by atoms with Crippen LogP contribution in [0, 0.1) is 0 Å². The molecular formula is C18H16N8O2S2.